The van der Waals surface area contributed by atoms with E-state index in [9.17, 15) is 0 Å². The average Bonchev–Trinajstić information content (AvgIpc) is 2.59. The Morgan fingerprint density at radius 2 is 2.08 bits per heavy atom. The standard InChI is InChI=1S/C24H34N2/c1-8-11-20(10-3)23(12-9-2)19(7)25-22-14-17(5)24-21(15-22)13-16(4)18(6)26-24/h9,12,14-16,25-26H,6-8,10-11,13H2,1-5H3/b12-9-,23-20-. The van der Waals surface area contributed by atoms with Gasteiger partial charge in [-0.2, -0.15) is 0 Å². The zero-order valence-electron chi connectivity index (χ0n) is 17.1. The number of hydrogen-bond acceptors (Lipinski definition) is 2. The van der Waals surface area contributed by atoms with Gasteiger partial charge in [0.25, 0.3) is 0 Å². The van der Waals surface area contributed by atoms with Crippen LogP contribution in [0.4, 0.5) is 11.4 Å². The largest absolute Gasteiger partial charge is 0.359 e. The molecule has 2 heteroatoms. The summed E-state index contributed by atoms with van der Waals surface area (Å²) in [6.45, 7) is 19.4. The van der Waals surface area contributed by atoms with E-state index < -0.39 is 0 Å². The van der Waals surface area contributed by atoms with E-state index in [4.69, 9.17) is 0 Å². The molecule has 1 aliphatic heterocycles. The minimum Gasteiger partial charge on any atom is -0.359 e. The molecule has 1 aliphatic rings. The molecule has 0 aliphatic carbocycles. The quantitative estimate of drug-likeness (QED) is 0.511. The third-order valence-electron chi connectivity index (χ3n) is 5.14. The third kappa shape index (κ3) is 4.49. The van der Waals surface area contributed by atoms with E-state index >= 15 is 0 Å². The Balaban J connectivity index is 2.32. The first-order chi connectivity index (χ1) is 12.4. The molecule has 26 heavy (non-hydrogen) atoms. The number of allylic oxidation sites excluding steroid dienone is 4. The topological polar surface area (TPSA) is 24.1 Å². The number of nitrogens with one attached hydrogen (secondary N) is 2. The minimum atomic E-state index is 0.454. The Labute approximate surface area is 159 Å². The van der Waals surface area contributed by atoms with Gasteiger partial charge in [-0.05, 0) is 67.9 Å². The summed E-state index contributed by atoms with van der Waals surface area (Å²) in [5.74, 6) is 0.454. The molecule has 0 saturated heterocycles. The predicted octanol–water partition coefficient (Wildman–Crippen LogP) is 7.12. The molecule has 1 aromatic rings. The van der Waals surface area contributed by atoms with Gasteiger partial charge in [-0.1, -0.05) is 58.1 Å². The van der Waals surface area contributed by atoms with Gasteiger partial charge in [-0.25, -0.2) is 0 Å². The van der Waals surface area contributed by atoms with Gasteiger partial charge in [0, 0.05) is 22.8 Å². The summed E-state index contributed by atoms with van der Waals surface area (Å²) in [4.78, 5) is 0. The van der Waals surface area contributed by atoms with E-state index in [2.05, 4.69) is 82.7 Å². The molecule has 0 spiro atoms. The van der Waals surface area contributed by atoms with Crippen molar-refractivity contribution in [3.8, 4) is 0 Å². The summed E-state index contributed by atoms with van der Waals surface area (Å²) in [6, 6.07) is 4.45. The van der Waals surface area contributed by atoms with Crippen molar-refractivity contribution in [3.05, 3.63) is 71.1 Å². The zero-order chi connectivity index (χ0) is 19.3. The molecule has 1 aromatic carbocycles. The van der Waals surface area contributed by atoms with Crippen LogP contribution < -0.4 is 10.6 Å². The molecule has 1 heterocycles. The van der Waals surface area contributed by atoms with Gasteiger partial charge in [0.15, 0.2) is 0 Å². The van der Waals surface area contributed by atoms with Crippen molar-refractivity contribution in [2.75, 3.05) is 10.6 Å². The average molecular weight is 351 g/mol. The maximum Gasteiger partial charge on any atom is 0.0445 e. The van der Waals surface area contributed by atoms with Gasteiger partial charge in [0.1, 0.15) is 0 Å². The number of rotatable bonds is 7. The van der Waals surface area contributed by atoms with E-state index in [0.29, 0.717) is 5.92 Å². The van der Waals surface area contributed by atoms with E-state index in [0.717, 1.165) is 42.8 Å². The molecule has 1 unspecified atom stereocenters. The first kappa shape index (κ1) is 20.1. The maximum atomic E-state index is 4.34. The van der Waals surface area contributed by atoms with Gasteiger partial charge in [0.2, 0.25) is 0 Å². The highest BCUT2D eigenvalue weighted by Crippen LogP contribution is 2.35. The van der Waals surface area contributed by atoms with Crippen molar-refractivity contribution in [1.82, 2.24) is 0 Å². The lowest BCUT2D eigenvalue weighted by molar-refractivity contribution is 0.667. The van der Waals surface area contributed by atoms with Crippen LogP contribution in [0.3, 0.4) is 0 Å². The molecule has 2 rings (SSSR count). The van der Waals surface area contributed by atoms with Crippen LogP contribution in [0.25, 0.3) is 0 Å². The number of benzene rings is 1. The monoisotopic (exact) mass is 350 g/mol. The van der Waals surface area contributed by atoms with Crippen LogP contribution >= 0.6 is 0 Å². The fraction of sp³-hybridized carbons (Fsp3) is 0.417. The van der Waals surface area contributed by atoms with E-state index in [1.54, 1.807) is 0 Å². The van der Waals surface area contributed by atoms with Crippen LogP contribution in [0.2, 0.25) is 0 Å². The molecule has 0 radical (unpaired) electrons. The van der Waals surface area contributed by atoms with Crippen LogP contribution in [0.15, 0.2) is 60.0 Å². The van der Waals surface area contributed by atoms with Crippen molar-refractivity contribution in [2.45, 2.75) is 60.3 Å². The van der Waals surface area contributed by atoms with Crippen molar-refractivity contribution >= 4 is 11.4 Å². The highest BCUT2D eigenvalue weighted by molar-refractivity contribution is 5.70. The molecule has 0 aromatic heterocycles. The number of fused-ring (bicyclic) bond motifs is 1. The Morgan fingerprint density at radius 1 is 1.35 bits per heavy atom. The second kappa shape index (κ2) is 8.93. The zero-order valence-corrected chi connectivity index (χ0v) is 17.1. The molecule has 2 nitrogen and oxygen atoms in total. The molecule has 140 valence electrons. The van der Waals surface area contributed by atoms with Crippen LogP contribution in [-0.4, -0.2) is 0 Å². The van der Waals surface area contributed by atoms with Gasteiger partial charge in [-0.15, -0.1) is 0 Å². The Kier molecular flexibility index (Phi) is 6.90. The van der Waals surface area contributed by atoms with Gasteiger partial charge in [-0.3, -0.25) is 0 Å². The normalized spacial score (nSPS) is 17.6. The van der Waals surface area contributed by atoms with Gasteiger partial charge >= 0.3 is 0 Å². The molecule has 0 fully saturated rings. The number of aryl methyl sites for hydroxylation is 1. The van der Waals surface area contributed by atoms with Crippen LogP contribution in [-0.2, 0) is 6.42 Å². The molecule has 0 bridgehead atoms. The predicted molar refractivity (Wildman–Crippen MR) is 117 cm³/mol. The summed E-state index contributed by atoms with van der Waals surface area (Å²) >= 11 is 0. The van der Waals surface area contributed by atoms with Crippen molar-refractivity contribution in [2.24, 2.45) is 5.92 Å². The lowest BCUT2D eigenvalue weighted by atomic mass is 9.90. The first-order valence-electron chi connectivity index (χ1n) is 9.81. The minimum absolute atomic E-state index is 0.454. The highest BCUT2D eigenvalue weighted by Gasteiger charge is 2.20. The summed E-state index contributed by atoms with van der Waals surface area (Å²) in [5, 5.41) is 7.04. The first-order valence-corrected chi connectivity index (χ1v) is 9.81. The Hall–Kier alpha value is -2.22. The molecular weight excluding hydrogens is 316 g/mol. The fourth-order valence-corrected chi connectivity index (χ4v) is 3.65. The van der Waals surface area contributed by atoms with E-state index in [-0.39, 0.29) is 0 Å². The van der Waals surface area contributed by atoms with E-state index in [1.807, 2.05) is 0 Å². The summed E-state index contributed by atoms with van der Waals surface area (Å²) in [7, 11) is 0. The number of hydrogen-bond donors (Lipinski definition) is 2. The van der Waals surface area contributed by atoms with Crippen molar-refractivity contribution < 1.29 is 0 Å². The van der Waals surface area contributed by atoms with Crippen LogP contribution in [0, 0.1) is 12.8 Å². The lowest BCUT2D eigenvalue weighted by Crippen LogP contribution is -2.19. The molecule has 0 amide bonds. The fourth-order valence-electron chi connectivity index (χ4n) is 3.65. The van der Waals surface area contributed by atoms with Gasteiger partial charge in [0.05, 0.1) is 0 Å². The third-order valence-corrected chi connectivity index (χ3v) is 5.14. The molecule has 1 atom stereocenters. The van der Waals surface area contributed by atoms with Crippen molar-refractivity contribution in [1.29, 1.82) is 0 Å². The SMILES string of the molecule is C=C(Nc1cc(C)c2c(c1)CC(C)C(=C)N2)C(/C=C\C)=C(/CC)CCC. The second-order valence-electron chi connectivity index (χ2n) is 7.31. The maximum absolute atomic E-state index is 4.34. The summed E-state index contributed by atoms with van der Waals surface area (Å²) in [5.41, 5.74) is 9.71. The van der Waals surface area contributed by atoms with E-state index in [1.165, 1.54) is 28.0 Å². The molecule has 2 N–H and O–H groups in total. The van der Waals surface area contributed by atoms with Crippen LogP contribution in [0.5, 0.6) is 0 Å². The second-order valence-corrected chi connectivity index (χ2v) is 7.31. The lowest BCUT2D eigenvalue weighted by Gasteiger charge is -2.28. The smallest absolute Gasteiger partial charge is 0.0445 e. The van der Waals surface area contributed by atoms with Gasteiger partial charge < -0.3 is 10.6 Å². The Morgan fingerprint density at radius 3 is 2.69 bits per heavy atom. The Bertz CT molecular complexity index is 750. The molecular formula is C24H34N2. The van der Waals surface area contributed by atoms with Crippen LogP contribution in [0.1, 0.15) is 58.1 Å². The number of anilines is 2. The molecule has 0 saturated carbocycles. The highest BCUT2D eigenvalue weighted by atomic mass is 14.9. The summed E-state index contributed by atoms with van der Waals surface area (Å²) < 4.78 is 0. The summed E-state index contributed by atoms with van der Waals surface area (Å²) in [6.07, 6.45) is 8.64. The van der Waals surface area contributed by atoms with Crippen molar-refractivity contribution in [3.63, 3.8) is 0 Å².